The Kier molecular flexibility index (Phi) is 3.71. The molecule has 78 valence electrons. The highest BCUT2D eigenvalue weighted by Crippen LogP contribution is 1.90. The largest absolute Gasteiger partial charge is 0.364 e. The number of nitrogens with one attached hydrogen (secondary N) is 1. The third kappa shape index (κ3) is 4.31. The maximum absolute atomic E-state index is 9.92. The van der Waals surface area contributed by atoms with Gasteiger partial charge in [0, 0.05) is 12.4 Å². The highest BCUT2D eigenvalue weighted by atomic mass is 16.7. The van der Waals surface area contributed by atoms with Crippen LogP contribution >= 0.6 is 0 Å². The molecule has 0 aliphatic heterocycles. The molecule has 0 atom stereocenters. The summed E-state index contributed by atoms with van der Waals surface area (Å²) in [6.45, 7) is 0. The van der Waals surface area contributed by atoms with Crippen LogP contribution in [0, 0.1) is 10.1 Å². The van der Waals surface area contributed by atoms with Gasteiger partial charge in [-0.25, -0.2) is 10.1 Å². The average Bonchev–Trinajstić information content (AvgIpc) is 2.18. The van der Waals surface area contributed by atoms with Crippen LogP contribution in [0.25, 0.3) is 0 Å². The molecule has 0 fully saturated rings. The van der Waals surface area contributed by atoms with Crippen LogP contribution in [0.4, 0.5) is 0 Å². The molecular formula is C7H8N6O2. The molecule has 1 aromatic heterocycles. The van der Waals surface area contributed by atoms with Crippen molar-refractivity contribution in [2.45, 2.75) is 0 Å². The zero-order valence-electron chi connectivity index (χ0n) is 7.57. The second-order valence-corrected chi connectivity index (χ2v) is 2.38. The average molecular weight is 208 g/mol. The van der Waals surface area contributed by atoms with Gasteiger partial charge in [-0.05, 0) is 17.7 Å². The minimum Gasteiger partial charge on any atom is -0.364 e. The van der Waals surface area contributed by atoms with E-state index in [1.54, 1.807) is 30.0 Å². The van der Waals surface area contributed by atoms with Crippen LogP contribution in [0.2, 0.25) is 0 Å². The van der Waals surface area contributed by atoms with Gasteiger partial charge in [0.15, 0.2) is 5.03 Å². The minimum atomic E-state index is -0.819. The molecular weight excluding hydrogens is 200 g/mol. The van der Waals surface area contributed by atoms with Gasteiger partial charge in [0.05, 0.1) is 6.21 Å². The Morgan fingerprint density at radius 1 is 1.60 bits per heavy atom. The molecule has 0 radical (unpaired) electrons. The fraction of sp³-hybridized carbons (Fsp3) is 0. The van der Waals surface area contributed by atoms with Crippen LogP contribution < -0.4 is 11.2 Å². The first-order valence-electron chi connectivity index (χ1n) is 3.86. The van der Waals surface area contributed by atoms with E-state index in [0.717, 1.165) is 5.56 Å². The summed E-state index contributed by atoms with van der Waals surface area (Å²) in [4.78, 5) is 13.7. The van der Waals surface area contributed by atoms with E-state index < -0.39 is 5.03 Å². The number of hydrogen-bond donors (Lipinski definition) is 2. The van der Waals surface area contributed by atoms with Crippen molar-refractivity contribution < 1.29 is 5.03 Å². The Balaban J connectivity index is 2.56. The number of nitrogens with zero attached hydrogens (tertiary/aromatic N) is 4. The number of nitro groups is 1. The molecule has 0 spiro atoms. The lowest BCUT2D eigenvalue weighted by molar-refractivity contribution is -0.525. The molecule has 0 saturated heterocycles. The molecule has 15 heavy (non-hydrogen) atoms. The number of hydrogen-bond acceptors (Lipinski definition) is 5. The van der Waals surface area contributed by atoms with Crippen LogP contribution in [0.3, 0.4) is 0 Å². The number of pyridine rings is 1. The molecule has 0 aliphatic rings. The molecule has 0 aliphatic carbocycles. The second kappa shape index (κ2) is 5.27. The zero-order valence-corrected chi connectivity index (χ0v) is 7.57. The van der Waals surface area contributed by atoms with Gasteiger partial charge in [0.25, 0.3) is 5.96 Å². The van der Waals surface area contributed by atoms with E-state index in [9.17, 15) is 10.1 Å². The fourth-order valence-electron chi connectivity index (χ4n) is 0.723. The quantitative estimate of drug-likeness (QED) is 0.300. The molecule has 0 unspecified atom stereocenters. The highest BCUT2D eigenvalue weighted by Gasteiger charge is 1.96. The van der Waals surface area contributed by atoms with Crippen molar-refractivity contribution in [1.29, 1.82) is 0 Å². The predicted molar refractivity (Wildman–Crippen MR) is 53.6 cm³/mol. The molecule has 0 bridgehead atoms. The minimum absolute atomic E-state index is 0.384. The fourth-order valence-corrected chi connectivity index (χ4v) is 0.723. The van der Waals surface area contributed by atoms with Crippen molar-refractivity contribution in [2.24, 2.45) is 15.9 Å². The van der Waals surface area contributed by atoms with Crippen molar-refractivity contribution in [1.82, 2.24) is 10.4 Å². The Hall–Kier alpha value is -2.51. The van der Waals surface area contributed by atoms with Crippen LogP contribution in [0.5, 0.6) is 0 Å². The Morgan fingerprint density at radius 2 is 2.27 bits per heavy atom. The van der Waals surface area contributed by atoms with E-state index in [1.807, 2.05) is 0 Å². The lowest BCUT2D eigenvalue weighted by atomic mass is 10.3. The van der Waals surface area contributed by atoms with Gasteiger partial charge in [0.1, 0.15) is 0 Å². The van der Waals surface area contributed by atoms with E-state index in [4.69, 9.17) is 5.73 Å². The maximum atomic E-state index is 9.92. The standard InChI is InChI=1S/C7H8N6O2/c8-7(12-13(14)15)11-10-5-6-1-3-9-4-2-6/h1-5H,(H3,8,11,12)/b10-5-. The number of hydrazine groups is 1. The van der Waals surface area contributed by atoms with Crippen LogP contribution in [-0.2, 0) is 0 Å². The van der Waals surface area contributed by atoms with Gasteiger partial charge >= 0.3 is 0 Å². The predicted octanol–water partition coefficient (Wildman–Crippen LogP) is -0.488. The smallest absolute Gasteiger partial charge is 0.275 e. The van der Waals surface area contributed by atoms with Crippen LogP contribution in [0.1, 0.15) is 5.56 Å². The third-order valence-corrected chi connectivity index (χ3v) is 1.28. The van der Waals surface area contributed by atoms with E-state index in [0.29, 0.717) is 0 Å². The van der Waals surface area contributed by atoms with Gasteiger partial charge in [-0.3, -0.25) is 4.98 Å². The topological polar surface area (TPSA) is 119 Å². The molecule has 8 heteroatoms. The monoisotopic (exact) mass is 208 g/mol. The van der Waals surface area contributed by atoms with Gasteiger partial charge in [-0.1, -0.05) is 5.43 Å². The van der Waals surface area contributed by atoms with Crippen molar-refractivity contribution in [2.75, 3.05) is 0 Å². The van der Waals surface area contributed by atoms with Gasteiger partial charge in [0.2, 0.25) is 0 Å². The number of guanidine groups is 1. The summed E-state index contributed by atoms with van der Waals surface area (Å²) in [6, 6.07) is 3.41. The number of nitrogens with two attached hydrogens (primary N) is 1. The molecule has 3 N–H and O–H groups in total. The molecule has 1 heterocycles. The zero-order chi connectivity index (χ0) is 11.1. The SMILES string of the molecule is NC(=N/N=C\c1ccncc1)N[N+](=O)[O-]. The molecule has 0 saturated carbocycles. The van der Waals surface area contributed by atoms with Crippen LogP contribution in [0.15, 0.2) is 34.7 Å². The highest BCUT2D eigenvalue weighted by molar-refractivity contribution is 5.81. The summed E-state index contributed by atoms with van der Waals surface area (Å²) < 4.78 is 0. The summed E-state index contributed by atoms with van der Waals surface area (Å²) in [6.07, 6.45) is 4.57. The van der Waals surface area contributed by atoms with Crippen LogP contribution in [-0.4, -0.2) is 22.2 Å². The lowest BCUT2D eigenvalue weighted by Gasteiger charge is -1.91. The summed E-state index contributed by atoms with van der Waals surface area (Å²) >= 11 is 0. The van der Waals surface area contributed by atoms with Crippen molar-refractivity contribution >= 4 is 12.2 Å². The molecule has 1 aromatic rings. The van der Waals surface area contributed by atoms with Crippen molar-refractivity contribution in [3.63, 3.8) is 0 Å². The summed E-state index contributed by atoms with van der Waals surface area (Å²) in [5.41, 5.74) is 7.53. The Morgan fingerprint density at radius 3 is 2.87 bits per heavy atom. The number of aromatic nitrogens is 1. The summed E-state index contributed by atoms with van der Waals surface area (Å²) in [7, 11) is 0. The van der Waals surface area contributed by atoms with E-state index >= 15 is 0 Å². The first kappa shape index (κ1) is 10.6. The molecule has 1 rings (SSSR count). The maximum Gasteiger partial charge on any atom is 0.275 e. The Bertz CT molecular complexity index is 388. The summed E-state index contributed by atoms with van der Waals surface area (Å²) in [5.74, 6) is -0.384. The van der Waals surface area contributed by atoms with E-state index in [-0.39, 0.29) is 5.96 Å². The lowest BCUT2D eigenvalue weighted by Crippen LogP contribution is -2.35. The Labute approximate surface area is 84.7 Å². The third-order valence-electron chi connectivity index (χ3n) is 1.28. The second-order valence-electron chi connectivity index (χ2n) is 2.38. The van der Waals surface area contributed by atoms with Gasteiger partial charge < -0.3 is 5.73 Å². The van der Waals surface area contributed by atoms with Crippen molar-refractivity contribution in [3.05, 3.63) is 40.2 Å². The molecule has 8 nitrogen and oxygen atoms in total. The van der Waals surface area contributed by atoms with Gasteiger partial charge in [-0.15, -0.1) is 5.10 Å². The first-order valence-corrected chi connectivity index (χ1v) is 3.86. The van der Waals surface area contributed by atoms with E-state index in [1.165, 1.54) is 6.21 Å². The van der Waals surface area contributed by atoms with Crippen molar-refractivity contribution in [3.8, 4) is 0 Å². The number of rotatable bonds is 3. The normalized spacial score (nSPS) is 11.6. The molecule has 0 aromatic carbocycles. The first-order chi connectivity index (χ1) is 7.18. The summed E-state index contributed by atoms with van der Waals surface area (Å²) in [5, 5.41) is 16.0. The van der Waals surface area contributed by atoms with E-state index in [2.05, 4.69) is 15.2 Å². The van der Waals surface area contributed by atoms with Gasteiger partial charge in [-0.2, -0.15) is 5.10 Å². The molecule has 0 amide bonds.